The number of hydrogen-bond donors (Lipinski definition) is 1. The number of esters is 1. The second kappa shape index (κ2) is 5.07. The van der Waals surface area contributed by atoms with Gasteiger partial charge in [0.1, 0.15) is 17.6 Å². The van der Waals surface area contributed by atoms with Gasteiger partial charge < -0.3 is 10.5 Å². The van der Waals surface area contributed by atoms with Crippen LogP contribution in [-0.4, -0.2) is 33.4 Å². The Morgan fingerprint density at radius 3 is 2.95 bits per heavy atom. The molecule has 0 bridgehead atoms. The number of rotatable bonds is 3. The fraction of sp³-hybridized carbons (Fsp3) is 0.0909. The summed E-state index contributed by atoms with van der Waals surface area (Å²) in [4.78, 5) is 26.8. The van der Waals surface area contributed by atoms with Crippen LogP contribution in [0.2, 0.25) is 5.02 Å². The summed E-state index contributed by atoms with van der Waals surface area (Å²) in [5.74, 6) is -0.643. The van der Waals surface area contributed by atoms with Crippen molar-refractivity contribution in [2.24, 2.45) is 5.73 Å². The summed E-state index contributed by atoms with van der Waals surface area (Å²) in [5, 5.41) is 3.88. The molecule has 2 heterocycles. The van der Waals surface area contributed by atoms with Crippen LogP contribution in [0.25, 0.3) is 11.0 Å². The molecule has 19 heavy (non-hydrogen) atoms. The predicted molar refractivity (Wildman–Crippen MR) is 68.0 cm³/mol. The maximum absolute atomic E-state index is 11.6. The molecule has 0 saturated heterocycles. The molecule has 2 rings (SSSR count). The molecule has 0 spiro atoms. The molecule has 0 aliphatic rings. The Balaban J connectivity index is 2.49. The van der Waals surface area contributed by atoms with E-state index in [1.165, 1.54) is 18.3 Å². The van der Waals surface area contributed by atoms with E-state index in [0.717, 1.165) is 4.68 Å². The third-order valence-corrected chi connectivity index (χ3v) is 2.52. The highest BCUT2D eigenvalue weighted by atomic mass is 35.5. The van der Waals surface area contributed by atoms with Crippen LogP contribution in [0.15, 0.2) is 24.9 Å². The molecule has 2 aromatic heterocycles. The van der Waals surface area contributed by atoms with Crippen LogP contribution in [0.1, 0.15) is 10.5 Å². The molecule has 0 radical (unpaired) electrons. The molecule has 7 nitrogen and oxygen atoms in total. The number of amides is 1. The predicted octanol–water partition coefficient (Wildman–Crippen LogP) is 1.35. The quantitative estimate of drug-likeness (QED) is 0.676. The van der Waals surface area contributed by atoms with Gasteiger partial charge in [-0.1, -0.05) is 24.3 Å². The van der Waals surface area contributed by atoms with Crippen molar-refractivity contribution in [1.82, 2.24) is 14.8 Å². The first-order chi connectivity index (χ1) is 9.04. The number of carbonyl (C=O) groups excluding carboxylic acids is 2. The van der Waals surface area contributed by atoms with Crippen LogP contribution in [0.4, 0.5) is 4.79 Å². The lowest BCUT2D eigenvalue weighted by atomic mass is 10.3. The van der Waals surface area contributed by atoms with Gasteiger partial charge in [-0.15, -0.1) is 0 Å². The molecular weight excluding hydrogens is 272 g/mol. The van der Waals surface area contributed by atoms with Crippen LogP contribution < -0.4 is 5.73 Å². The van der Waals surface area contributed by atoms with Crippen LogP contribution >= 0.6 is 11.6 Å². The lowest BCUT2D eigenvalue weighted by Crippen LogP contribution is -2.20. The molecule has 8 heteroatoms. The molecular formula is C11H9ClN4O3. The van der Waals surface area contributed by atoms with E-state index in [4.69, 9.17) is 22.1 Å². The van der Waals surface area contributed by atoms with Gasteiger partial charge in [0.2, 0.25) is 0 Å². The topological polar surface area (TPSA) is 100 Å². The number of carbonyl (C=O) groups is 2. The first-order valence-electron chi connectivity index (χ1n) is 5.16. The number of halogens is 1. The van der Waals surface area contributed by atoms with E-state index in [0.29, 0.717) is 0 Å². The Labute approximate surface area is 112 Å². The van der Waals surface area contributed by atoms with Gasteiger partial charge in [0.25, 0.3) is 0 Å². The Morgan fingerprint density at radius 2 is 2.32 bits per heavy atom. The Bertz CT molecular complexity index is 680. The first-order valence-corrected chi connectivity index (χ1v) is 5.54. The number of nitrogens with zero attached hydrogens (tertiary/aromatic N) is 3. The maximum Gasteiger partial charge on any atom is 0.357 e. The average molecular weight is 281 g/mol. The van der Waals surface area contributed by atoms with E-state index in [1.54, 1.807) is 0 Å². The summed E-state index contributed by atoms with van der Waals surface area (Å²) in [7, 11) is 0. The monoisotopic (exact) mass is 280 g/mol. The van der Waals surface area contributed by atoms with E-state index in [1.807, 2.05) is 0 Å². The van der Waals surface area contributed by atoms with Crippen molar-refractivity contribution in [3.05, 3.63) is 35.6 Å². The molecule has 0 aliphatic carbocycles. The minimum Gasteiger partial charge on any atom is -0.457 e. The lowest BCUT2D eigenvalue weighted by molar-refractivity contribution is 0.0543. The standard InChI is InChI=1S/C11H9ClN4O3/c1-2-3-19-10(17)7-4-6(12)9-8(15-7)5-14-16(9)11(13)18/h2,4-5H,1,3H2,(H2,13,18). The van der Waals surface area contributed by atoms with E-state index >= 15 is 0 Å². The second-order valence-corrected chi connectivity index (χ2v) is 3.91. The highest BCUT2D eigenvalue weighted by Gasteiger charge is 2.17. The number of primary amides is 1. The fourth-order valence-electron chi connectivity index (χ4n) is 1.48. The highest BCUT2D eigenvalue weighted by molar-refractivity contribution is 6.35. The van der Waals surface area contributed by atoms with Crippen LogP contribution in [0.3, 0.4) is 0 Å². The average Bonchev–Trinajstić information content (AvgIpc) is 2.80. The van der Waals surface area contributed by atoms with Gasteiger partial charge in [-0.2, -0.15) is 9.78 Å². The molecule has 1 amide bonds. The van der Waals surface area contributed by atoms with Crippen LogP contribution in [0.5, 0.6) is 0 Å². The zero-order chi connectivity index (χ0) is 14.0. The van der Waals surface area contributed by atoms with E-state index in [-0.39, 0.29) is 28.4 Å². The molecule has 0 aromatic carbocycles. The summed E-state index contributed by atoms with van der Waals surface area (Å²) in [6.07, 6.45) is 2.72. The van der Waals surface area contributed by atoms with Crippen molar-refractivity contribution in [3.63, 3.8) is 0 Å². The first kappa shape index (κ1) is 13.0. The lowest BCUT2D eigenvalue weighted by Gasteiger charge is -2.03. The van der Waals surface area contributed by atoms with Gasteiger partial charge in [-0.05, 0) is 6.07 Å². The zero-order valence-electron chi connectivity index (χ0n) is 9.67. The molecule has 0 fully saturated rings. The third-order valence-electron chi connectivity index (χ3n) is 2.23. The number of fused-ring (bicyclic) bond motifs is 1. The van der Waals surface area contributed by atoms with Gasteiger partial charge in [-0.3, -0.25) is 0 Å². The van der Waals surface area contributed by atoms with Crippen molar-refractivity contribution >= 4 is 34.6 Å². The molecule has 98 valence electrons. The van der Waals surface area contributed by atoms with Gasteiger partial charge in [0, 0.05) is 0 Å². The number of pyridine rings is 1. The van der Waals surface area contributed by atoms with Gasteiger partial charge in [0.15, 0.2) is 5.69 Å². The number of ether oxygens (including phenoxy) is 1. The normalized spacial score (nSPS) is 10.4. The maximum atomic E-state index is 11.6. The van der Waals surface area contributed by atoms with Gasteiger partial charge >= 0.3 is 12.0 Å². The molecule has 0 atom stereocenters. The minimum atomic E-state index is -0.791. The fourth-order valence-corrected chi connectivity index (χ4v) is 1.76. The third kappa shape index (κ3) is 2.41. The number of aromatic nitrogens is 3. The van der Waals surface area contributed by atoms with E-state index < -0.39 is 12.0 Å². The Hall–Kier alpha value is -2.41. The van der Waals surface area contributed by atoms with Crippen molar-refractivity contribution in [2.75, 3.05) is 6.61 Å². The summed E-state index contributed by atoms with van der Waals surface area (Å²) >= 11 is 5.99. The van der Waals surface area contributed by atoms with Gasteiger partial charge in [0.05, 0.1) is 11.2 Å². The summed E-state index contributed by atoms with van der Waals surface area (Å²) in [6, 6.07) is 0.497. The molecule has 2 aromatic rings. The second-order valence-electron chi connectivity index (χ2n) is 3.50. The smallest absolute Gasteiger partial charge is 0.357 e. The van der Waals surface area contributed by atoms with Crippen molar-refractivity contribution < 1.29 is 14.3 Å². The molecule has 0 unspecified atom stereocenters. The highest BCUT2D eigenvalue weighted by Crippen LogP contribution is 2.23. The Morgan fingerprint density at radius 1 is 1.58 bits per heavy atom. The summed E-state index contributed by atoms with van der Waals surface area (Å²) in [6.45, 7) is 3.49. The summed E-state index contributed by atoms with van der Waals surface area (Å²) < 4.78 is 5.74. The van der Waals surface area contributed by atoms with Crippen LogP contribution in [0, 0.1) is 0 Å². The van der Waals surface area contributed by atoms with Gasteiger partial charge in [-0.25, -0.2) is 14.6 Å². The SMILES string of the molecule is C=CCOC(=O)c1cc(Cl)c2c(cnn2C(N)=O)n1. The molecule has 0 aliphatic heterocycles. The van der Waals surface area contributed by atoms with Crippen molar-refractivity contribution in [1.29, 1.82) is 0 Å². The van der Waals surface area contributed by atoms with Crippen molar-refractivity contribution in [3.8, 4) is 0 Å². The largest absolute Gasteiger partial charge is 0.457 e. The van der Waals surface area contributed by atoms with Crippen molar-refractivity contribution in [2.45, 2.75) is 0 Å². The van der Waals surface area contributed by atoms with E-state index in [9.17, 15) is 9.59 Å². The summed E-state index contributed by atoms with van der Waals surface area (Å²) in [5.41, 5.74) is 5.67. The van der Waals surface area contributed by atoms with Crippen LogP contribution in [-0.2, 0) is 4.74 Å². The number of hydrogen-bond acceptors (Lipinski definition) is 5. The zero-order valence-corrected chi connectivity index (χ0v) is 10.4. The minimum absolute atomic E-state index is 0.0170. The molecule has 2 N–H and O–H groups in total. The Kier molecular flexibility index (Phi) is 3.48. The van der Waals surface area contributed by atoms with E-state index in [2.05, 4.69) is 16.7 Å². The number of nitrogens with two attached hydrogens (primary N) is 1. The molecule has 0 saturated carbocycles.